The lowest BCUT2D eigenvalue weighted by atomic mass is 9.66. The second-order valence-electron chi connectivity index (χ2n) is 13.3. The van der Waals surface area contributed by atoms with Gasteiger partial charge in [0, 0.05) is 18.4 Å². The van der Waals surface area contributed by atoms with Crippen molar-refractivity contribution in [2.24, 2.45) is 5.92 Å². The average Bonchev–Trinajstić information content (AvgIpc) is 3.82. The molecular formula is C31H54N2O4. The summed E-state index contributed by atoms with van der Waals surface area (Å²) < 4.78 is 21.7. The second kappa shape index (κ2) is 12.1. The number of nitrogens with one attached hydrogen (secondary N) is 1. The van der Waals surface area contributed by atoms with Gasteiger partial charge in [0.1, 0.15) is 0 Å². The fourth-order valence-electron chi connectivity index (χ4n) is 7.08. The van der Waals surface area contributed by atoms with Gasteiger partial charge in [0.2, 0.25) is 11.5 Å². The summed E-state index contributed by atoms with van der Waals surface area (Å²) in [4.78, 5) is 6.98. The molecule has 3 atom stereocenters. The lowest BCUT2D eigenvalue weighted by molar-refractivity contribution is -0.519. The molecule has 0 aliphatic heterocycles. The SMILES string of the molecule is CCCCCCC1CC(OC2CCCC2)(N(NC2CC2)OC2CCCCC2)C1(OC1CCC1)OC1CC1. The highest BCUT2D eigenvalue weighted by atomic mass is 16.8. The number of hydroxylamine groups is 1. The van der Waals surface area contributed by atoms with Gasteiger partial charge in [0.15, 0.2) is 0 Å². The summed E-state index contributed by atoms with van der Waals surface area (Å²) in [5, 5.41) is 2.13. The molecule has 3 unspecified atom stereocenters. The summed E-state index contributed by atoms with van der Waals surface area (Å²) in [6.45, 7) is 2.30. The fraction of sp³-hybridized carbons (Fsp3) is 1.00. The number of hydrazine groups is 1. The van der Waals surface area contributed by atoms with Crippen LogP contribution in [0, 0.1) is 5.92 Å². The Labute approximate surface area is 225 Å². The van der Waals surface area contributed by atoms with Crippen LogP contribution in [0.15, 0.2) is 0 Å². The highest BCUT2D eigenvalue weighted by Crippen LogP contribution is 2.61. The Morgan fingerprint density at radius 2 is 1.27 bits per heavy atom. The highest BCUT2D eigenvalue weighted by Gasteiger charge is 2.75. The lowest BCUT2D eigenvalue weighted by Gasteiger charge is -2.66. The van der Waals surface area contributed by atoms with E-state index >= 15 is 0 Å². The molecule has 0 bridgehead atoms. The van der Waals surface area contributed by atoms with Crippen molar-refractivity contribution in [3.8, 4) is 0 Å². The molecule has 0 saturated heterocycles. The molecule has 0 aromatic rings. The smallest absolute Gasteiger partial charge is 0.219 e. The normalized spacial score (nSPS) is 35.7. The molecule has 6 aliphatic carbocycles. The number of hydrogen-bond donors (Lipinski definition) is 1. The molecule has 0 amide bonds. The largest absolute Gasteiger partial charge is 0.348 e. The van der Waals surface area contributed by atoms with E-state index < -0.39 is 11.5 Å². The van der Waals surface area contributed by atoms with Gasteiger partial charge >= 0.3 is 0 Å². The highest BCUT2D eigenvalue weighted by molar-refractivity contribution is 5.12. The third-order valence-corrected chi connectivity index (χ3v) is 9.95. The molecule has 6 saturated carbocycles. The standard InChI is InChI=1S/C31H54N2O4/c1-2-3-4-6-12-24-23-30(34-26-13-9-10-14-26,31(24,36-28-21-22-28)35-27-17-11-18-27)33(32-25-19-20-25)37-29-15-7-5-8-16-29/h24-29,32H,2-23H2,1H3. The van der Waals surface area contributed by atoms with Crippen LogP contribution in [0.4, 0.5) is 0 Å². The Morgan fingerprint density at radius 3 is 1.89 bits per heavy atom. The van der Waals surface area contributed by atoms with Gasteiger partial charge in [0.05, 0.1) is 24.4 Å². The van der Waals surface area contributed by atoms with Crippen molar-refractivity contribution in [3.05, 3.63) is 0 Å². The lowest BCUT2D eigenvalue weighted by Crippen LogP contribution is -2.82. The molecule has 6 nitrogen and oxygen atoms in total. The van der Waals surface area contributed by atoms with E-state index in [1.165, 1.54) is 77.0 Å². The summed E-state index contributed by atoms with van der Waals surface area (Å²) >= 11 is 0. The van der Waals surface area contributed by atoms with Crippen LogP contribution in [0.25, 0.3) is 0 Å². The molecule has 0 radical (unpaired) electrons. The van der Waals surface area contributed by atoms with E-state index in [-0.39, 0.29) is 12.2 Å². The van der Waals surface area contributed by atoms with Crippen molar-refractivity contribution in [1.29, 1.82) is 0 Å². The topological polar surface area (TPSA) is 52.2 Å². The van der Waals surface area contributed by atoms with Crippen molar-refractivity contribution in [3.63, 3.8) is 0 Å². The number of hydrogen-bond acceptors (Lipinski definition) is 6. The molecule has 1 N–H and O–H groups in total. The van der Waals surface area contributed by atoms with E-state index in [1.54, 1.807) is 0 Å². The third-order valence-electron chi connectivity index (χ3n) is 9.95. The molecule has 0 heterocycles. The zero-order chi connectivity index (χ0) is 25.1. The summed E-state index contributed by atoms with van der Waals surface area (Å²) in [6.07, 6.45) is 27.6. The van der Waals surface area contributed by atoms with Gasteiger partial charge in [-0.2, -0.15) is 0 Å². The fourth-order valence-corrected chi connectivity index (χ4v) is 7.08. The predicted octanol–water partition coefficient (Wildman–Crippen LogP) is 7.31. The summed E-state index contributed by atoms with van der Waals surface area (Å²) in [5.41, 5.74) is 3.14. The minimum Gasteiger partial charge on any atom is -0.348 e. The monoisotopic (exact) mass is 518 g/mol. The maximum atomic E-state index is 7.33. The minimum absolute atomic E-state index is 0.259. The first-order valence-electron chi connectivity index (χ1n) is 16.5. The zero-order valence-electron chi connectivity index (χ0n) is 23.6. The van der Waals surface area contributed by atoms with E-state index in [4.69, 9.17) is 19.0 Å². The van der Waals surface area contributed by atoms with Crippen molar-refractivity contribution < 1.29 is 19.0 Å². The van der Waals surface area contributed by atoms with Gasteiger partial charge in [0.25, 0.3) is 0 Å². The maximum Gasteiger partial charge on any atom is 0.219 e. The van der Waals surface area contributed by atoms with Crippen LogP contribution in [0.5, 0.6) is 0 Å². The van der Waals surface area contributed by atoms with Crippen molar-refractivity contribution >= 4 is 0 Å². The van der Waals surface area contributed by atoms with E-state index in [0.717, 1.165) is 64.2 Å². The number of rotatable bonds is 16. The quantitative estimate of drug-likeness (QED) is 0.131. The van der Waals surface area contributed by atoms with Crippen LogP contribution in [-0.4, -0.2) is 47.1 Å². The van der Waals surface area contributed by atoms with Crippen molar-refractivity contribution in [1.82, 2.24) is 10.6 Å². The summed E-state index contributed by atoms with van der Waals surface area (Å²) in [5.74, 6) is -0.365. The van der Waals surface area contributed by atoms with Crippen molar-refractivity contribution in [2.75, 3.05) is 0 Å². The first kappa shape index (κ1) is 27.0. The first-order chi connectivity index (χ1) is 18.2. The van der Waals surface area contributed by atoms with E-state index in [9.17, 15) is 0 Å². The molecule has 37 heavy (non-hydrogen) atoms. The minimum atomic E-state index is -0.732. The third kappa shape index (κ3) is 6.10. The predicted molar refractivity (Wildman–Crippen MR) is 144 cm³/mol. The van der Waals surface area contributed by atoms with E-state index in [2.05, 4.69) is 17.5 Å². The number of unbranched alkanes of at least 4 members (excludes halogenated alkanes) is 3. The molecular weight excluding hydrogens is 464 g/mol. The Hall–Kier alpha value is -0.240. The van der Waals surface area contributed by atoms with Gasteiger partial charge in [-0.25, -0.2) is 5.43 Å². The molecule has 0 aromatic heterocycles. The van der Waals surface area contributed by atoms with Gasteiger partial charge < -0.3 is 14.2 Å². The second-order valence-corrected chi connectivity index (χ2v) is 13.3. The summed E-state index contributed by atoms with van der Waals surface area (Å²) in [6, 6.07) is 0.485. The molecule has 0 aromatic carbocycles. The molecule has 6 fully saturated rings. The Balaban J connectivity index is 1.32. The van der Waals surface area contributed by atoms with Crippen LogP contribution in [-0.2, 0) is 19.0 Å². The van der Waals surface area contributed by atoms with Crippen LogP contribution < -0.4 is 5.43 Å². The summed E-state index contributed by atoms with van der Waals surface area (Å²) in [7, 11) is 0. The van der Waals surface area contributed by atoms with E-state index in [0.29, 0.717) is 24.2 Å². The average molecular weight is 519 g/mol. The van der Waals surface area contributed by atoms with Gasteiger partial charge in [-0.3, -0.25) is 4.84 Å². The molecule has 6 aliphatic rings. The van der Waals surface area contributed by atoms with E-state index in [1.807, 2.05) is 0 Å². The van der Waals surface area contributed by atoms with Gasteiger partial charge in [-0.15, -0.1) is 0 Å². The van der Waals surface area contributed by atoms with Gasteiger partial charge in [-0.1, -0.05) is 69.9 Å². The first-order valence-corrected chi connectivity index (χ1v) is 16.5. The Morgan fingerprint density at radius 1 is 0.649 bits per heavy atom. The zero-order valence-corrected chi connectivity index (χ0v) is 23.6. The maximum absolute atomic E-state index is 7.33. The van der Waals surface area contributed by atoms with Crippen LogP contribution >= 0.6 is 0 Å². The molecule has 6 rings (SSSR count). The Bertz CT molecular complexity index is 714. The Kier molecular flexibility index (Phi) is 8.81. The van der Waals surface area contributed by atoms with Gasteiger partial charge in [-0.05, 0) is 77.0 Å². The number of nitrogens with zero attached hydrogens (tertiary/aromatic N) is 1. The van der Waals surface area contributed by atoms with Crippen LogP contribution in [0.2, 0.25) is 0 Å². The molecule has 0 spiro atoms. The van der Waals surface area contributed by atoms with Crippen LogP contribution in [0.1, 0.15) is 148 Å². The molecule has 212 valence electrons. The molecule has 6 heteroatoms. The van der Waals surface area contributed by atoms with Crippen LogP contribution in [0.3, 0.4) is 0 Å². The number of ether oxygens (including phenoxy) is 3. The van der Waals surface area contributed by atoms with Crippen molar-refractivity contribution in [2.45, 2.75) is 190 Å².